The first-order chi connectivity index (χ1) is 10.0. The van der Waals surface area contributed by atoms with Crippen molar-refractivity contribution in [1.29, 1.82) is 0 Å². The zero-order chi connectivity index (χ0) is 15.5. The molecule has 1 heterocycles. The van der Waals surface area contributed by atoms with Gasteiger partial charge in [-0.25, -0.2) is 0 Å². The van der Waals surface area contributed by atoms with Crippen LogP contribution in [0.5, 0.6) is 0 Å². The highest BCUT2D eigenvalue weighted by atomic mass is 35.5. The number of hydrogen-bond donors (Lipinski definition) is 0. The Morgan fingerprint density at radius 1 is 1.29 bits per heavy atom. The van der Waals surface area contributed by atoms with Crippen LogP contribution in [0.25, 0.3) is 0 Å². The van der Waals surface area contributed by atoms with Crippen LogP contribution in [-0.4, -0.2) is 16.1 Å². The van der Waals surface area contributed by atoms with Crippen molar-refractivity contribution in [3.05, 3.63) is 45.2 Å². The van der Waals surface area contributed by atoms with Crippen molar-refractivity contribution in [2.45, 2.75) is 32.5 Å². The molecule has 0 amide bonds. The third-order valence-corrected chi connectivity index (χ3v) is 8.17. The number of benzene rings is 1. The fraction of sp³-hybridized carbons (Fsp3) is 0.400. The molecule has 0 fully saturated rings. The molecular formula is C15H17ClOS4. The lowest BCUT2D eigenvalue weighted by Crippen LogP contribution is -2.40. The van der Waals surface area contributed by atoms with E-state index in [-0.39, 0.29) is 6.10 Å². The van der Waals surface area contributed by atoms with Gasteiger partial charge in [-0.15, -0.1) is 11.8 Å². The zero-order valence-corrected chi connectivity index (χ0v) is 16.1. The Balaban J connectivity index is 2.61. The summed E-state index contributed by atoms with van der Waals surface area (Å²) in [6.07, 6.45) is 0.0217. The highest BCUT2D eigenvalue weighted by Gasteiger charge is 2.47. The van der Waals surface area contributed by atoms with Crippen LogP contribution in [0.3, 0.4) is 0 Å². The van der Waals surface area contributed by atoms with Crippen LogP contribution in [0, 0.1) is 0 Å². The molecule has 21 heavy (non-hydrogen) atoms. The molecule has 0 bridgehead atoms. The summed E-state index contributed by atoms with van der Waals surface area (Å²) < 4.78 is 8.13. The molecule has 1 aliphatic heterocycles. The standard InChI is InChI=1S/C15H17ClOS4/c1-4-19-13-12(16)15(17-10(2)3,14(18)21-20-13)11-8-6-5-7-9-11/h5-10H,4H2,1-3H3. The average Bonchev–Trinajstić information content (AvgIpc) is 2.47. The molecule has 6 heteroatoms. The van der Waals surface area contributed by atoms with Crippen molar-refractivity contribution in [2.24, 2.45) is 0 Å². The summed E-state index contributed by atoms with van der Waals surface area (Å²) in [5.41, 5.74) is 0.176. The van der Waals surface area contributed by atoms with E-state index in [4.69, 9.17) is 28.6 Å². The summed E-state index contributed by atoms with van der Waals surface area (Å²) in [5.74, 6) is 0.971. The van der Waals surface area contributed by atoms with E-state index >= 15 is 0 Å². The molecule has 1 unspecified atom stereocenters. The zero-order valence-electron chi connectivity index (χ0n) is 12.1. The average molecular weight is 377 g/mol. The largest absolute Gasteiger partial charge is 0.356 e. The van der Waals surface area contributed by atoms with Gasteiger partial charge in [0.25, 0.3) is 0 Å². The molecule has 1 aromatic rings. The minimum Gasteiger partial charge on any atom is -0.356 e. The van der Waals surface area contributed by atoms with Crippen molar-refractivity contribution < 1.29 is 4.74 Å². The number of thiocarbonyl (C=S) groups is 1. The first-order valence-corrected chi connectivity index (χ1v) is 10.6. The smallest absolute Gasteiger partial charge is 0.172 e. The Bertz CT molecular complexity index is 544. The van der Waals surface area contributed by atoms with Crippen LogP contribution >= 0.6 is 57.2 Å². The van der Waals surface area contributed by atoms with E-state index < -0.39 is 5.60 Å². The van der Waals surface area contributed by atoms with Gasteiger partial charge >= 0.3 is 0 Å². The van der Waals surface area contributed by atoms with Gasteiger partial charge in [0.2, 0.25) is 0 Å². The van der Waals surface area contributed by atoms with Crippen molar-refractivity contribution in [2.75, 3.05) is 5.75 Å². The van der Waals surface area contributed by atoms with E-state index in [1.165, 1.54) is 0 Å². The molecule has 1 aliphatic rings. The maximum atomic E-state index is 6.77. The molecule has 0 spiro atoms. The number of ether oxygens (including phenoxy) is 1. The molecule has 1 atom stereocenters. The van der Waals surface area contributed by atoms with Crippen molar-refractivity contribution in [3.8, 4) is 0 Å². The van der Waals surface area contributed by atoms with Crippen molar-refractivity contribution in [3.63, 3.8) is 0 Å². The summed E-state index contributed by atoms with van der Waals surface area (Å²) in [7, 11) is 3.21. The highest BCUT2D eigenvalue weighted by molar-refractivity contribution is 8.86. The number of thioether (sulfide) groups is 1. The van der Waals surface area contributed by atoms with E-state index in [9.17, 15) is 0 Å². The predicted octanol–water partition coefficient (Wildman–Crippen LogP) is 6.19. The molecule has 0 N–H and O–H groups in total. The lowest BCUT2D eigenvalue weighted by molar-refractivity contribution is -0.00506. The summed E-state index contributed by atoms with van der Waals surface area (Å²) in [6, 6.07) is 10.0. The second kappa shape index (κ2) is 7.75. The Labute approximate surface area is 149 Å². The fourth-order valence-electron chi connectivity index (χ4n) is 2.06. The van der Waals surface area contributed by atoms with Gasteiger partial charge < -0.3 is 4.74 Å². The van der Waals surface area contributed by atoms with Gasteiger partial charge in [0.1, 0.15) is 4.20 Å². The van der Waals surface area contributed by atoms with Crippen LogP contribution in [0.2, 0.25) is 0 Å². The normalized spacial score (nSPS) is 23.0. The third-order valence-electron chi connectivity index (χ3n) is 2.84. The number of rotatable bonds is 5. The minimum absolute atomic E-state index is 0.0217. The van der Waals surface area contributed by atoms with E-state index in [0.29, 0.717) is 5.03 Å². The van der Waals surface area contributed by atoms with E-state index in [1.807, 2.05) is 44.2 Å². The van der Waals surface area contributed by atoms with Crippen molar-refractivity contribution in [1.82, 2.24) is 0 Å². The second-order valence-electron chi connectivity index (χ2n) is 4.70. The molecular weight excluding hydrogens is 360 g/mol. The topological polar surface area (TPSA) is 9.23 Å². The second-order valence-corrected chi connectivity index (χ2v) is 9.43. The quantitative estimate of drug-likeness (QED) is 0.446. The van der Waals surface area contributed by atoms with Crippen LogP contribution < -0.4 is 0 Å². The molecule has 0 saturated carbocycles. The summed E-state index contributed by atoms with van der Waals surface area (Å²) in [6.45, 7) is 6.14. The van der Waals surface area contributed by atoms with Gasteiger partial charge in [0, 0.05) is 0 Å². The predicted molar refractivity (Wildman–Crippen MR) is 103 cm³/mol. The van der Waals surface area contributed by atoms with Crippen LogP contribution in [-0.2, 0) is 10.3 Å². The van der Waals surface area contributed by atoms with Gasteiger partial charge in [-0.1, -0.05) is 61.1 Å². The minimum atomic E-state index is -0.820. The molecule has 0 radical (unpaired) electrons. The first-order valence-electron chi connectivity index (χ1n) is 6.67. The Kier molecular flexibility index (Phi) is 6.53. The molecule has 0 saturated heterocycles. The van der Waals surface area contributed by atoms with Crippen molar-refractivity contribution >= 4 is 61.4 Å². The van der Waals surface area contributed by atoms with E-state index in [0.717, 1.165) is 19.8 Å². The summed E-state index contributed by atoms with van der Waals surface area (Å²) in [4.78, 5) is 0. The van der Waals surface area contributed by atoms with Gasteiger partial charge in [-0.05, 0) is 46.8 Å². The first kappa shape index (κ1) is 17.7. The molecule has 1 nitrogen and oxygen atoms in total. The van der Waals surface area contributed by atoms with Gasteiger partial charge in [0.15, 0.2) is 5.60 Å². The maximum absolute atomic E-state index is 6.77. The van der Waals surface area contributed by atoms with E-state index in [1.54, 1.807) is 33.3 Å². The highest BCUT2D eigenvalue weighted by Crippen LogP contribution is 2.56. The monoisotopic (exact) mass is 376 g/mol. The SMILES string of the molecule is CCSC1=C(Cl)C(OC(C)C)(c2ccccc2)C(=S)SS1. The molecule has 1 aromatic carbocycles. The summed E-state index contributed by atoms with van der Waals surface area (Å²) in [5, 5.41) is 0.697. The number of halogens is 1. The summed E-state index contributed by atoms with van der Waals surface area (Å²) >= 11 is 14.1. The molecule has 114 valence electrons. The van der Waals surface area contributed by atoms with E-state index in [2.05, 4.69) is 6.92 Å². The Morgan fingerprint density at radius 2 is 1.95 bits per heavy atom. The Hall–Kier alpha value is 0.350. The van der Waals surface area contributed by atoms with Crippen LogP contribution in [0.1, 0.15) is 26.3 Å². The van der Waals surface area contributed by atoms with Gasteiger partial charge in [-0.2, -0.15) is 0 Å². The fourth-order valence-corrected chi connectivity index (χ4v) is 7.04. The lowest BCUT2D eigenvalue weighted by atomic mass is 9.94. The van der Waals surface area contributed by atoms with Gasteiger partial charge in [-0.3, -0.25) is 0 Å². The van der Waals surface area contributed by atoms with Gasteiger partial charge in [0.05, 0.1) is 15.4 Å². The Morgan fingerprint density at radius 3 is 2.52 bits per heavy atom. The van der Waals surface area contributed by atoms with Crippen LogP contribution in [0.4, 0.5) is 0 Å². The molecule has 0 aliphatic carbocycles. The lowest BCUT2D eigenvalue weighted by Gasteiger charge is -2.39. The number of hydrogen-bond acceptors (Lipinski definition) is 5. The third kappa shape index (κ3) is 3.65. The molecule has 0 aromatic heterocycles. The molecule has 2 rings (SSSR count). The maximum Gasteiger partial charge on any atom is 0.172 e. The van der Waals surface area contributed by atoms with Crippen LogP contribution in [0.15, 0.2) is 39.6 Å².